The van der Waals surface area contributed by atoms with Gasteiger partial charge in [-0.3, -0.25) is 0 Å². The summed E-state index contributed by atoms with van der Waals surface area (Å²) >= 11 is 1.69. The van der Waals surface area contributed by atoms with E-state index in [1.807, 2.05) is 6.92 Å². The zero-order valence-electron chi connectivity index (χ0n) is 4.48. The molecular weight excluding hydrogens is 291 g/mol. The van der Waals surface area contributed by atoms with Gasteiger partial charge in [0.25, 0.3) is 0 Å². The third kappa shape index (κ3) is 2.47. The first-order chi connectivity index (χ1) is 3.72. The Balaban J connectivity index is 3.46. The van der Waals surface area contributed by atoms with E-state index in [1.54, 1.807) is 21.5 Å². The average Bonchev–Trinajstić information content (AvgIpc) is 1.84. The van der Waals surface area contributed by atoms with Crippen molar-refractivity contribution in [2.45, 2.75) is 19.4 Å². The van der Waals surface area contributed by atoms with Gasteiger partial charge in [-0.2, -0.15) is 0 Å². The van der Waals surface area contributed by atoms with Crippen LogP contribution in [-0.4, -0.2) is 12.0 Å². The minimum atomic E-state index is -0.458. The molecular formula is C4H8AuNO2. The topological polar surface area (TPSA) is 52.3 Å². The Morgan fingerprint density at radius 1 is 2.00 bits per heavy atom. The van der Waals surface area contributed by atoms with Crippen LogP contribution in [0.5, 0.6) is 0 Å². The van der Waals surface area contributed by atoms with Crippen molar-refractivity contribution in [2.75, 3.05) is 0 Å². The maximum atomic E-state index is 10.4. The molecule has 0 aliphatic carbocycles. The van der Waals surface area contributed by atoms with Crippen LogP contribution in [0.15, 0.2) is 0 Å². The summed E-state index contributed by atoms with van der Waals surface area (Å²) in [5.74, 6) is -0.365. The third-order valence-corrected chi connectivity index (χ3v) is 1.24. The fourth-order valence-electron chi connectivity index (χ4n) is 0.212. The van der Waals surface area contributed by atoms with Gasteiger partial charge in [0.05, 0.1) is 0 Å². The predicted molar refractivity (Wildman–Crippen MR) is 24.4 cm³/mol. The van der Waals surface area contributed by atoms with E-state index in [9.17, 15) is 4.79 Å². The summed E-state index contributed by atoms with van der Waals surface area (Å²) in [4.78, 5) is 10.4. The number of rotatable bonds is 2. The number of carbonyl (C=O) groups excluding carboxylic acids is 1. The first kappa shape index (κ1) is 8.17. The number of hydrogen-bond acceptors (Lipinski definition) is 3. The molecule has 0 amide bonds. The molecule has 0 aliphatic rings. The van der Waals surface area contributed by atoms with Crippen molar-refractivity contribution in [1.82, 2.24) is 0 Å². The standard InChI is InChI=1S/C4H9NO2.Au/c1-2-3(5)4(6)7;/h3H,2,5H2,1H3,(H,6,7);/q;+1/p-1. The Morgan fingerprint density at radius 3 is 2.62 bits per heavy atom. The maximum absolute atomic E-state index is 10.4. The second-order valence-corrected chi connectivity index (χ2v) is 1.84. The molecule has 8 heavy (non-hydrogen) atoms. The van der Waals surface area contributed by atoms with Crippen LogP contribution >= 0.6 is 0 Å². The van der Waals surface area contributed by atoms with Gasteiger partial charge in [0, 0.05) is 0 Å². The fourth-order valence-corrected chi connectivity index (χ4v) is 0.540. The molecule has 0 fully saturated rings. The van der Waals surface area contributed by atoms with Crippen LogP contribution in [0.2, 0.25) is 0 Å². The van der Waals surface area contributed by atoms with Crippen LogP contribution in [0.1, 0.15) is 13.3 Å². The van der Waals surface area contributed by atoms with Crippen molar-refractivity contribution in [2.24, 2.45) is 5.73 Å². The van der Waals surface area contributed by atoms with Gasteiger partial charge in [-0.25, -0.2) is 0 Å². The molecule has 4 heteroatoms. The summed E-state index contributed by atoms with van der Waals surface area (Å²) in [6.45, 7) is 1.83. The number of nitrogens with two attached hydrogens (primary N) is 1. The molecule has 0 saturated carbocycles. The van der Waals surface area contributed by atoms with E-state index >= 15 is 0 Å². The van der Waals surface area contributed by atoms with E-state index in [2.05, 4.69) is 3.24 Å². The molecule has 1 unspecified atom stereocenters. The van der Waals surface area contributed by atoms with Crippen LogP contribution in [0.4, 0.5) is 0 Å². The Kier molecular flexibility index (Phi) is 4.18. The molecule has 52 valence electrons. The quantitative estimate of drug-likeness (QED) is 0.714. The Morgan fingerprint density at radius 2 is 2.50 bits per heavy atom. The van der Waals surface area contributed by atoms with Crippen molar-refractivity contribution >= 4 is 5.97 Å². The van der Waals surface area contributed by atoms with Crippen LogP contribution in [0.3, 0.4) is 0 Å². The zero-order valence-corrected chi connectivity index (χ0v) is 6.65. The summed E-state index contributed by atoms with van der Waals surface area (Å²) in [6.07, 6.45) is 0.623. The number of hydrogen-bond donors (Lipinski definition) is 1. The molecule has 0 rings (SSSR count). The summed E-state index contributed by atoms with van der Waals surface area (Å²) in [5, 5.41) is 0. The third-order valence-electron chi connectivity index (χ3n) is 0.803. The SMILES string of the molecule is CCC(N)C(=O)[O][Au]. The summed E-state index contributed by atoms with van der Waals surface area (Å²) in [7, 11) is 0. The Bertz CT molecular complexity index is 86.1. The molecule has 0 aromatic rings. The molecule has 0 bridgehead atoms. The predicted octanol–water partition coefficient (Wildman–Crippen LogP) is -0.271. The molecule has 0 heterocycles. The second-order valence-electron chi connectivity index (χ2n) is 1.40. The Hall–Kier alpha value is 0.170. The van der Waals surface area contributed by atoms with Gasteiger partial charge in [-0.15, -0.1) is 0 Å². The monoisotopic (exact) mass is 299 g/mol. The van der Waals surface area contributed by atoms with Crippen molar-refractivity contribution < 1.29 is 29.5 Å². The summed E-state index contributed by atoms with van der Waals surface area (Å²) < 4.78 is 4.28. The molecule has 0 spiro atoms. The van der Waals surface area contributed by atoms with Crippen LogP contribution in [0, 0.1) is 0 Å². The van der Waals surface area contributed by atoms with Gasteiger partial charge < -0.3 is 0 Å². The molecule has 3 nitrogen and oxygen atoms in total. The average molecular weight is 299 g/mol. The van der Waals surface area contributed by atoms with Gasteiger partial charge in [-0.1, -0.05) is 0 Å². The van der Waals surface area contributed by atoms with E-state index in [1.165, 1.54) is 0 Å². The van der Waals surface area contributed by atoms with E-state index in [4.69, 9.17) is 5.73 Å². The molecule has 2 N–H and O–H groups in total. The molecule has 0 aliphatic heterocycles. The van der Waals surface area contributed by atoms with Crippen LogP contribution in [-0.2, 0) is 29.5 Å². The fraction of sp³-hybridized carbons (Fsp3) is 0.750. The molecule has 0 aromatic carbocycles. The van der Waals surface area contributed by atoms with E-state index < -0.39 is 6.04 Å². The second kappa shape index (κ2) is 4.09. The van der Waals surface area contributed by atoms with Crippen LogP contribution in [0.25, 0.3) is 0 Å². The van der Waals surface area contributed by atoms with Crippen molar-refractivity contribution in [3.05, 3.63) is 0 Å². The van der Waals surface area contributed by atoms with Crippen molar-refractivity contribution in [3.8, 4) is 0 Å². The molecule has 0 saturated heterocycles. The molecule has 0 radical (unpaired) electrons. The van der Waals surface area contributed by atoms with E-state index in [0.29, 0.717) is 6.42 Å². The summed E-state index contributed by atoms with van der Waals surface area (Å²) in [5.41, 5.74) is 5.24. The normalized spacial score (nSPS) is 13.0. The minimum absolute atomic E-state index is 0.365. The number of carbonyl (C=O) groups is 1. The molecule has 0 aromatic heterocycles. The van der Waals surface area contributed by atoms with Gasteiger partial charge in [0.2, 0.25) is 0 Å². The zero-order chi connectivity index (χ0) is 6.57. The molecule has 1 atom stereocenters. The summed E-state index contributed by atoms with van der Waals surface area (Å²) in [6, 6.07) is -0.458. The van der Waals surface area contributed by atoms with Crippen LogP contribution < -0.4 is 5.73 Å². The van der Waals surface area contributed by atoms with Gasteiger partial charge in [-0.05, 0) is 0 Å². The van der Waals surface area contributed by atoms with Crippen molar-refractivity contribution in [1.29, 1.82) is 0 Å². The van der Waals surface area contributed by atoms with E-state index in [-0.39, 0.29) is 5.97 Å². The first-order valence-corrected chi connectivity index (χ1v) is 3.15. The Labute approximate surface area is 61.0 Å². The van der Waals surface area contributed by atoms with E-state index in [0.717, 1.165) is 0 Å². The van der Waals surface area contributed by atoms with Gasteiger partial charge in [0.15, 0.2) is 0 Å². The van der Waals surface area contributed by atoms with Gasteiger partial charge >= 0.3 is 60.6 Å². The first-order valence-electron chi connectivity index (χ1n) is 2.27. The van der Waals surface area contributed by atoms with Gasteiger partial charge in [0.1, 0.15) is 0 Å². The van der Waals surface area contributed by atoms with Crippen molar-refractivity contribution in [3.63, 3.8) is 0 Å².